The van der Waals surface area contributed by atoms with E-state index in [-0.39, 0.29) is 0 Å². The van der Waals surface area contributed by atoms with Gasteiger partial charge in [0, 0.05) is 37.9 Å². The molecule has 28 heavy (non-hydrogen) atoms. The van der Waals surface area contributed by atoms with E-state index in [0.29, 0.717) is 5.88 Å². The highest BCUT2D eigenvalue weighted by Crippen LogP contribution is 2.37. The summed E-state index contributed by atoms with van der Waals surface area (Å²) in [6.07, 6.45) is 0. The van der Waals surface area contributed by atoms with Crippen molar-refractivity contribution in [3.05, 3.63) is 52.9 Å². The molecule has 146 valence electrons. The van der Waals surface area contributed by atoms with Crippen molar-refractivity contribution in [2.45, 2.75) is 0 Å². The molecule has 0 unspecified atom stereocenters. The highest BCUT2D eigenvalue weighted by Gasteiger charge is 2.22. The number of nitrogens with zero attached hydrogens (tertiary/aromatic N) is 3. The molecule has 0 aliphatic carbocycles. The molecular weight excluding hydrogens is 394 g/mol. The molecule has 5 nitrogen and oxygen atoms in total. The molecule has 1 aliphatic rings. The van der Waals surface area contributed by atoms with Crippen molar-refractivity contribution in [1.82, 2.24) is 4.98 Å². The van der Waals surface area contributed by atoms with Gasteiger partial charge in [-0.1, -0.05) is 11.6 Å². The van der Waals surface area contributed by atoms with E-state index < -0.39 is 0 Å². The Hall–Kier alpha value is -2.44. The number of hydrogen-bond donors (Lipinski definition) is 0. The zero-order valence-corrected chi connectivity index (χ0v) is 17.5. The van der Waals surface area contributed by atoms with Crippen LogP contribution >= 0.6 is 22.9 Å². The molecule has 0 spiro atoms. The van der Waals surface area contributed by atoms with E-state index in [9.17, 15) is 0 Å². The second-order valence-corrected chi connectivity index (χ2v) is 8.21. The molecule has 0 atom stereocenters. The van der Waals surface area contributed by atoms with Crippen LogP contribution in [0.3, 0.4) is 0 Å². The number of halogens is 1. The van der Waals surface area contributed by atoms with E-state index in [0.717, 1.165) is 52.5 Å². The molecule has 3 heterocycles. The van der Waals surface area contributed by atoms with E-state index >= 15 is 0 Å². The van der Waals surface area contributed by atoms with E-state index in [4.69, 9.17) is 26.1 Å². The first-order valence-electron chi connectivity index (χ1n) is 9.12. The minimum Gasteiger partial charge on any atom is -0.497 e. The molecule has 2 aromatic heterocycles. The molecule has 0 bridgehead atoms. The lowest BCUT2D eigenvalue weighted by atomic mass is 10.2. The van der Waals surface area contributed by atoms with Crippen molar-refractivity contribution >= 4 is 34.3 Å². The number of anilines is 2. The van der Waals surface area contributed by atoms with Crippen molar-refractivity contribution in [2.24, 2.45) is 0 Å². The molecule has 1 aromatic carbocycles. The molecule has 1 saturated heterocycles. The first kappa shape index (κ1) is 18.9. The van der Waals surface area contributed by atoms with Crippen molar-refractivity contribution in [2.75, 3.05) is 50.2 Å². The van der Waals surface area contributed by atoms with Gasteiger partial charge in [-0.25, -0.2) is 4.98 Å². The van der Waals surface area contributed by atoms with Crippen LogP contribution in [-0.2, 0) is 0 Å². The first-order valence-corrected chi connectivity index (χ1v) is 10.3. The summed E-state index contributed by atoms with van der Waals surface area (Å²) in [6, 6.07) is 16.2. The van der Waals surface area contributed by atoms with E-state index in [1.807, 2.05) is 30.3 Å². The fourth-order valence-corrected chi connectivity index (χ4v) is 4.47. The number of benzene rings is 1. The number of hydrogen-bond acceptors (Lipinski definition) is 6. The van der Waals surface area contributed by atoms with Gasteiger partial charge in [0.25, 0.3) is 0 Å². The second-order valence-electron chi connectivity index (χ2n) is 6.50. The van der Waals surface area contributed by atoms with Gasteiger partial charge in [0.2, 0.25) is 5.88 Å². The normalized spacial score (nSPS) is 14.2. The number of ether oxygens (including phenoxy) is 2. The number of aromatic nitrogens is 1. The minimum absolute atomic E-state index is 0.611. The molecule has 0 radical (unpaired) electrons. The Morgan fingerprint density at radius 3 is 2.18 bits per heavy atom. The Morgan fingerprint density at radius 1 is 0.857 bits per heavy atom. The summed E-state index contributed by atoms with van der Waals surface area (Å²) in [5.74, 6) is 1.49. The lowest BCUT2D eigenvalue weighted by Crippen LogP contribution is -2.46. The SMILES string of the molecule is COc1ccc(N2CCN(c3ccc(OC)nc3-c3ccc(Cl)s3)CC2)cc1. The molecule has 7 heteroatoms. The van der Waals surface area contributed by atoms with E-state index in [1.165, 1.54) is 17.0 Å². The van der Waals surface area contributed by atoms with Gasteiger partial charge in [-0.15, -0.1) is 11.3 Å². The van der Waals surface area contributed by atoms with Gasteiger partial charge in [-0.05, 0) is 42.5 Å². The summed E-state index contributed by atoms with van der Waals surface area (Å²) in [4.78, 5) is 10.5. The van der Waals surface area contributed by atoms with Crippen LogP contribution in [0.15, 0.2) is 48.5 Å². The second kappa shape index (κ2) is 8.29. The number of pyridine rings is 1. The van der Waals surface area contributed by atoms with Crippen LogP contribution in [0.5, 0.6) is 11.6 Å². The summed E-state index contributed by atoms with van der Waals surface area (Å²) in [6.45, 7) is 3.74. The summed E-state index contributed by atoms with van der Waals surface area (Å²) < 4.78 is 11.4. The van der Waals surface area contributed by atoms with Gasteiger partial charge in [-0.2, -0.15) is 0 Å². The van der Waals surface area contributed by atoms with Gasteiger partial charge in [0.05, 0.1) is 29.1 Å². The Kier molecular flexibility index (Phi) is 5.59. The monoisotopic (exact) mass is 415 g/mol. The maximum atomic E-state index is 6.16. The number of piperazine rings is 1. The number of thiophene rings is 1. The van der Waals surface area contributed by atoms with Crippen LogP contribution in [0.25, 0.3) is 10.6 Å². The summed E-state index contributed by atoms with van der Waals surface area (Å²) >= 11 is 7.70. The smallest absolute Gasteiger partial charge is 0.213 e. The lowest BCUT2D eigenvalue weighted by Gasteiger charge is -2.38. The van der Waals surface area contributed by atoms with Crippen molar-refractivity contribution in [3.63, 3.8) is 0 Å². The zero-order chi connectivity index (χ0) is 19.5. The molecule has 0 saturated carbocycles. The first-order chi connectivity index (χ1) is 13.7. The largest absolute Gasteiger partial charge is 0.497 e. The maximum Gasteiger partial charge on any atom is 0.213 e. The van der Waals surface area contributed by atoms with Crippen LogP contribution in [0.2, 0.25) is 4.34 Å². The van der Waals surface area contributed by atoms with Gasteiger partial charge in [0.1, 0.15) is 11.4 Å². The molecule has 0 amide bonds. The van der Waals surface area contributed by atoms with E-state index in [2.05, 4.69) is 28.0 Å². The van der Waals surface area contributed by atoms with E-state index in [1.54, 1.807) is 14.2 Å². The van der Waals surface area contributed by atoms with Crippen molar-refractivity contribution < 1.29 is 9.47 Å². The summed E-state index contributed by atoms with van der Waals surface area (Å²) in [5, 5.41) is 0. The maximum absolute atomic E-state index is 6.16. The Labute approximate surface area is 174 Å². The molecule has 3 aromatic rings. The van der Waals surface area contributed by atoms with Gasteiger partial charge >= 0.3 is 0 Å². The zero-order valence-electron chi connectivity index (χ0n) is 15.9. The molecule has 0 N–H and O–H groups in total. The Morgan fingerprint density at radius 2 is 1.57 bits per heavy atom. The van der Waals surface area contributed by atoms with Gasteiger partial charge < -0.3 is 19.3 Å². The van der Waals surface area contributed by atoms with Crippen molar-refractivity contribution in [1.29, 1.82) is 0 Å². The molecule has 1 aliphatic heterocycles. The average Bonchev–Trinajstić information content (AvgIpc) is 3.20. The van der Waals surface area contributed by atoms with Crippen LogP contribution in [0, 0.1) is 0 Å². The van der Waals surface area contributed by atoms with Crippen LogP contribution in [0.4, 0.5) is 11.4 Å². The number of rotatable bonds is 5. The van der Waals surface area contributed by atoms with Crippen molar-refractivity contribution in [3.8, 4) is 22.2 Å². The molecular formula is C21H22ClN3O2S. The fourth-order valence-electron chi connectivity index (χ4n) is 3.42. The third-order valence-corrected chi connectivity index (χ3v) is 6.16. The van der Waals surface area contributed by atoms with Crippen LogP contribution < -0.4 is 19.3 Å². The summed E-state index contributed by atoms with van der Waals surface area (Å²) in [5.41, 5.74) is 3.27. The standard InChI is InChI=1S/C21H22ClN3O2S/c1-26-16-5-3-15(4-6-16)24-11-13-25(14-12-24)17-7-10-20(27-2)23-21(17)18-8-9-19(22)28-18/h3-10H,11-14H2,1-2H3. The third kappa shape index (κ3) is 3.88. The highest BCUT2D eigenvalue weighted by atomic mass is 35.5. The lowest BCUT2D eigenvalue weighted by molar-refractivity contribution is 0.398. The quantitative estimate of drug-likeness (QED) is 0.598. The predicted molar refractivity (Wildman–Crippen MR) is 117 cm³/mol. The average molecular weight is 416 g/mol. The van der Waals surface area contributed by atoms with Crippen LogP contribution in [0.1, 0.15) is 0 Å². The van der Waals surface area contributed by atoms with Gasteiger partial charge in [0.15, 0.2) is 0 Å². The summed E-state index contributed by atoms with van der Waals surface area (Å²) in [7, 11) is 3.33. The Bertz CT molecular complexity index is 937. The Balaban J connectivity index is 1.54. The molecule has 4 rings (SSSR count). The van der Waals surface area contributed by atoms with Gasteiger partial charge in [-0.3, -0.25) is 0 Å². The third-order valence-electron chi connectivity index (χ3n) is 4.92. The topological polar surface area (TPSA) is 37.8 Å². The number of methoxy groups -OCH3 is 2. The fraction of sp³-hybridized carbons (Fsp3) is 0.286. The predicted octanol–water partition coefficient (Wildman–Crippen LogP) is 4.81. The highest BCUT2D eigenvalue weighted by molar-refractivity contribution is 7.19. The molecule has 1 fully saturated rings. The minimum atomic E-state index is 0.611. The van der Waals surface area contributed by atoms with Crippen LogP contribution in [-0.4, -0.2) is 45.4 Å².